The highest BCUT2D eigenvalue weighted by molar-refractivity contribution is 5.88. The molecule has 140 valence electrons. The molecular formula is C24H22N2O2. The van der Waals surface area contributed by atoms with Gasteiger partial charge in [0, 0.05) is 11.6 Å². The molecule has 0 fully saturated rings. The summed E-state index contributed by atoms with van der Waals surface area (Å²) in [5.41, 5.74) is 1.67. The van der Waals surface area contributed by atoms with Crippen LogP contribution in [0.25, 0.3) is 10.8 Å². The van der Waals surface area contributed by atoms with Crippen molar-refractivity contribution in [1.82, 2.24) is 4.57 Å². The number of aliphatic hydroxyl groups is 1. The fraction of sp³-hybridized carbons (Fsp3) is 0.125. The molecule has 1 aromatic heterocycles. The molecule has 0 bridgehead atoms. The van der Waals surface area contributed by atoms with E-state index in [1.54, 1.807) is 0 Å². The number of hydrogen-bond donors (Lipinski definition) is 1. The van der Waals surface area contributed by atoms with E-state index in [-0.39, 0.29) is 6.61 Å². The number of pyridine rings is 1. The largest absolute Gasteiger partial charge is 0.490 e. The lowest BCUT2D eigenvalue weighted by atomic mass is 10.1. The van der Waals surface area contributed by atoms with Crippen LogP contribution in [0.1, 0.15) is 0 Å². The van der Waals surface area contributed by atoms with Gasteiger partial charge in [-0.2, -0.15) is 0 Å². The van der Waals surface area contributed by atoms with E-state index < -0.39 is 6.10 Å². The summed E-state index contributed by atoms with van der Waals surface area (Å²) in [6.45, 7) is 0.609. The molecule has 0 spiro atoms. The molecule has 0 radical (unpaired) electrons. The van der Waals surface area contributed by atoms with Crippen LogP contribution in [0.3, 0.4) is 0 Å². The topological polar surface area (TPSA) is 46.8 Å². The van der Waals surface area contributed by atoms with Crippen molar-refractivity contribution >= 4 is 16.5 Å². The van der Waals surface area contributed by atoms with Gasteiger partial charge in [-0.25, -0.2) is 4.99 Å². The van der Waals surface area contributed by atoms with Crippen LogP contribution >= 0.6 is 0 Å². The minimum atomic E-state index is -0.656. The molecule has 28 heavy (non-hydrogen) atoms. The fourth-order valence-corrected chi connectivity index (χ4v) is 3.15. The van der Waals surface area contributed by atoms with Crippen molar-refractivity contribution in [2.45, 2.75) is 12.6 Å². The van der Waals surface area contributed by atoms with E-state index >= 15 is 0 Å². The second-order valence-electron chi connectivity index (χ2n) is 6.60. The van der Waals surface area contributed by atoms with Gasteiger partial charge in [0.25, 0.3) is 0 Å². The highest BCUT2D eigenvalue weighted by Crippen LogP contribution is 2.25. The summed E-state index contributed by atoms with van der Waals surface area (Å²) in [4.78, 5) is 4.66. The molecule has 0 aliphatic rings. The summed E-state index contributed by atoms with van der Waals surface area (Å²) in [7, 11) is 0. The lowest BCUT2D eigenvalue weighted by molar-refractivity contribution is 0.0921. The van der Waals surface area contributed by atoms with Gasteiger partial charge in [0.1, 0.15) is 23.9 Å². The number of aliphatic hydroxyl groups excluding tert-OH is 1. The third-order valence-corrected chi connectivity index (χ3v) is 4.50. The molecule has 4 heteroatoms. The van der Waals surface area contributed by atoms with Gasteiger partial charge in [0.05, 0.1) is 12.2 Å². The molecule has 0 aliphatic carbocycles. The molecule has 4 rings (SSSR count). The molecule has 1 heterocycles. The first-order valence-corrected chi connectivity index (χ1v) is 9.33. The van der Waals surface area contributed by atoms with Crippen LogP contribution in [0.2, 0.25) is 0 Å². The fourth-order valence-electron chi connectivity index (χ4n) is 3.15. The average molecular weight is 370 g/mol. The van der Waals surface area contributed by atoms with Crippen molar-refractivity contribution in [3.05, 3.63) is 103 Å². The Morgan fingerprint density at radius 2 is 1.57 bits per heavy atom. The summed E-state index contributed by atoms with van der Waals surface area (Å²) >= 11 is 0. The predicted octanol–water partition coefficient (Wildman–Crippen LogP) is 4.31. The third kappa shape index (κ3) is 4.30. The Kier molecular flexibility index (Phi) is 5.50. The Bertz CT molecular complexity index is 1110. The van der Waals surface area contributed by atoms with Gasteiger partial charge < -0.3 is 14.4 Å². The van der Waals surface area contributed by atoms with Crippen LogP contribution < -0.4 is 10.2 Å². The smallest absolute Gasteiger partial charge is 0.133 e. The summed E-state index contributed by atoms with van der Waals surface area (Å²) < 4.78 is 7.85. The quantitative estimate of drug-likeness (QED) is 0.550. The molecular weight excluding hydrogens is 348 g/mol. The first-order valence-electron chi connectivity index (χ1n) is 9.33. The standard InChI is InChI=1S/C24H22N2O2/c27-21(18-28-23-14-8-10-19-9-4-5-13-22(19)23)17-26-16-7-6-15-24(26)25-20-11-2-1-3-12-20/h1-16,21,27H,17-18H2. The third-order valence-electron chi connectivity index (χ3n) is 4.50. The molecule has 3 aromatic carbocycles. The maximum absolute atomic E-state index is 10.5. The van der Waals surface area contributed by atoms with E-state index in [2.05, 4.69) is 17.1 Å². The van der Waals surface area contributed by atoms with Crippen LogP contribution in [0.5, 0.6) is 5.75 Å². The van der Waals surface area contributed by atoms with Crippen LogP contribution in [-0.2, 0) is 6.54 Å². The van der Waals surface area contributed by atoms with Crippen molar-refractivity contribution < 1.29 is 9.84 Å². The van der Waals surface area contributed by atoms with Gasteiger partial charge in [0.15, 0.2) is 0 Å². The molecule has 4 aromatic rings. The van der Waals surface area contributed by atoms with E-state index in [4.69, 9.17) is 4.74 Å². The molecule has 0 saturated heterocycles. The lowest BCUT2D eigenvalue weighted by Gasteiger charge is -2.16. The molecule has 4 nitrogen and oxygen atoms in total. The monoisotopic (exact) mass is 370 g/mol. The summed E-state index contributed by atoms with van der Waals surface area (Å²) in [6, 6.07) is 29.6. The van der Waals surface area contributed by atoms with Crippen molar-refractivity contribution in [2.75, 3.05) is 6.61 Å². The SMILES string of the molecule is OC(COc1cccc2ccccc12)Cn1ccccc1=Nc1ccccc1. The summed E-state index contributed by atoms with van der Waals surface area (Å²) in [5, 5.41) is 12.7. The van der Waals surface area contributed by atoms with Crippen LogP contribution in [0.15, 0.2) is 102 Å². The van der Waals surface area contributed by atoms with Crippen LogP contribution in [-0.4, -0.2) is 22.4 Å². The van der Waals surface area contributed by atoms with E-state index in [0.29, 0.717) is 6.54 Å². The maximum atomic E-state index is 10.5. The number of para-hydroxylation sites is 1. The highest BCUT2D eigenvalue weighted by atomic mass is 16.5. The van der Waals surface area contributed by atoms with E-state index in [1.165, 1.54) is 0 Å². The van der Waals surface area contributed by atoms with Gasteiger partial charge in [-0.05, 0) is 35.7 Å². The number of fused-ring (bicyclic) bond motifs is 1. The van der Waals surface area contributed by atoms with Crippen molar-refractivity contribution in [3.63, 3.8) is 0 Å². The average Bonchev–Trinajstić information content (AvgIpc) is 2.74. The number of aromatic nitrogens is 1. The van der Waals surface area contributed by atoms with Crippen LogP contribution in [0.4, 0.5) is 5.69 Å². The molecule has 0 aliphatic heterocycles. The maximum Gasteiger partial charge on any atom is 0.133 e. The Morgan fingerprint density at radius 1 is 0.821 bits per heavy atom. The Hall–Kier alpha value is -3.37. The summed E-state index contributed by atoms with van der Waals surface area (Å²) in [6.07, 6.45) is 1.26. The first-order chi connectivity index (χ1) is 13.8. The number of rotatable bonds is 6. The number of benzene rings is 3. The van der Waals surface area contributed by atoms with Gasteiger partial charge in [-0.3, -0.25) is 0 Å². The number of nitrogens with zero attached hydrogens (tertiary/aromatic N) is 2. The lowest BCUT2D eigenvalue weighted by Crippen LogP contribution is -2.30. The molecule has 0 amide bonds. The van der Waals surface area contributed by atoms with Crippen LogP contribution in [0, 0.1) is 0 Å². The zero-order valence-corrected chi connectivity index (χ0v) is 15.5. The highest BCUT2D eigenvalue weighted by Gasteiger charge is 2.08. The van der Waals surface area contributed by atoms with Crippen molar-refractivity contribution in [1.29, 1.82) is 0 Å². The molecule has 1 unspecified atom stereocenters. The molecule has 1 atom stereocenters. The number of hydrogen-bond acceptors (Lipinski definition) is 3. The van der Waals surface area contributed by atoms with E-state index in [9.17, 15) is 5.11 Å². The second-order valence-corrected chi connectivity index (χ2v) is 6.60. The zero-order chi connectivity index (χ0) is 19.2. The van der Waals surface area contributed by atoms with Gasteiger partial charge >= 0.3 is 0 Å². The minimum absolute atomic E-state index is 0.209. The second kappa shape index (κ2) is 8.55. The van der Waals surface area contributed by atoms with Crippen molar-refractivity contribution in [3.8, 4) is 5.75 Å². The van der Waals surface area contributed by atoms with E-state index in [1.807, 2.05) is 89.6 Å². The van der Waals surface area contributed by atoms with Crippen molar-refractivity contribution in [2.24, 2.45) is 4.99 Å². The first kappa shape index (κ1) is 18.0. The summed E-state index contributed by atoms with van der Waals surface area (Å²) in [5.74, 6) is 0.782. The Morgan fingerprint density at radius 3 is 2.46 bits per heavy atom. The minimum Gasteiger partial charge on any atom is -0.490 e. The molecule has 0 saturated carbocycles. The van der Waals surface area contributed by atoms with Gasteiger partial charge in [-0.1, -0.05) is 60.7 Å². The zero-order valence-electron chi connectivity index (χ0n) is 15.5. The predicted molar refractivity (Wildman–Crippen MR) is 112 cm³/mol. The van der Waals surface area contributed by atoms with E-state index in [0.717, 1.165) is 27.7 Å². The van der Waals surface area contributed by atoms with Gasteiger partial charge in [0.2, 0.25) is 0 Å². The Labute approximate surface area is 164 Å². The molecule has 1 N–H and O–H groups in total. The normalized spacial score (nSPS) is 12.8. The van der Waals surface area contributed by atoms with Gasteiger partial charge in [-0.15, -0.1) is 0 Å². The Balaban J connectivity index is 1.49. The number of ether oxygens (including phenoxy) is 1.